The number of hydrogen-bond acceptors (Lipinski definition) is 5. The molecule has 25 heavy (non-hydrogen) atoms. The standard InChI is InChI=1S/C20H16N2O3/c1-11-2-3-12(22-21)8-17(11)20-15-6-4-13(23)9-18(15)25-19-10-14(24)5-7-16(19)20/h2-10,22-23H,21H2,1H3. The van der Waals surface area contributed by atoms with Crippen molar-refractivity contribution >= 4 is 16.7 Å². The number of hydrogen-bond donors (Lipinski definition) is 3. The number of benzene rings is 3. The summed E-state index contributed by atoms with van der Waals surface area (Å²) < 4.78 is 5.87. The van der Waals surface area contributed by atoms with E-state index in [0.29, 0.717) is 11.3 Å². The van der Waals surface area contributed by atoms with Crippen molar-refractivity contribution in [3.63, 3.8) is 0 Å². The molecule has 2 aliphatic rings. The van der Waals surface area contributed by atoms with Crippen LogP contribution in [0.25, 0.3) is 33.4 Å². The van der Waals surface area contributed by atoms with Crippen LogP contribution >= 0.6 is 0 Å². The topological polar surface area (TPSA) is 88.5 Å². The molecule has 0 amide bonds. The van der Waals surface area contributed by atoms with Crippen LogP contribution in [0.15, 0.2) is 63.8 Å². The summed E-state index contributed by atoms with van der Waals surface area (Å²) in [5.41, 5.74) is 7.63. The molecule has 1 aliphatic heterocycles. The summed E-state index contributed by atoms with van der Waals surface area (Å²) in [7, 11) is 0. The monoisotopic (exact) mass is 332 g/mol. The minimum Gasteiger partial charge on any atom is -0.508 e. The van der Waals surface area contributed by atoms with Crippen molar-refractivity contribution in [3.05, 3.63) is 70.4 Å². The lowest BCUT2D eigenvalue weighted by Crippen LogP contribution is -2.07. The maximum absolute atomic E-state index is 11.8. The maximum Gasteiger partial charge on any atom is 0.182 e. The maximum atomic E-state index is 11.8. The van der Waals surface area contributed by atoms with Gasteiger partial charge < -0.3 is 14.9 Å². The van der Waals surface area contributed by atoms with E-state index in [9.17, 15) is 9.90 Å². The van der Waals surface area contributed by atoms with Gasteiger partial charge in [-0.25, -0.2) is 0 Å². The van der Waals surface area contributed by atoms with Crippen LogP contribution in [0.1, 0.15) is 5.56 Å². The number of nitrogens with one attached hydrogen (secondary N) is 1. The van der Waals surface area contributed by atoms with Gasteiger partial charge in [-0.3, -0.25) is 10.6 Å². The molecule has 0 aromatic heterocycles. The molecular weight excluding hydrogens is 316 g/mol. The summed E-state index contributed by atoms with van der Waals surface area (Å²) in [6, 6.07) is 15.6. The van der Waals surface area contributed by atoms with Crippen LogP contribution in [0.3, 0.4) is 0 Å². The molecule has 0 radical (unpaired) electrons. The number of nitrogen functional groups attached to an aromatic ring is 1. The summed E-state index contributed by atoms with van der Waals surface area (Å²) in [5.74, 6) is 6.15. The van der Waals surface area contributed by atoms with E-state index in [2.05, 4.69) is 5.43 Å². The van der Waals surface area contributed by atoms with Crippen LogP contribution in [0.2, 0.25) is 0 Å². The number of hydrazine groups is 1. The predicted octanol–water partition coefficient (Wildman–Crippen LogP) is 3.86. The second-order valence-electron chi connectivity index (χ2n) is 5.99. The first-order chi connectivity index (χ1) is 12.1. The summed E-state index contributed by atoms with van der Waals surface area (Å²) >= 11 is 0. The smallest absolute Gasteiger partial charge is 0.182 e. The van der Waals surface area contributed by atoms with E-state index in [4.69, 9.17) is 10.3 Å². The third-order valence-corrected chi connectivity index (χ3v) is 4.35. The fourth-order valence-corrected chi connectivity index (χ4v) is 3.13. The first kappa shape index (κ1) is 15.2. The van der Waals surface area contributed by atoms with Crippen molar-refractivity contribution in [3.8, 4) is 28.2 Å². The lowest BCUT2D eigenvalue weighted by atomic mass is 9.91. The first-order valence-electron chi connectivity index (χ1n) is 7.84. The Hall–Kier alpha value is -3.31. The van der Waals surface area contributed by atoms with Gasteiger partial charge in [0, 0.05) is 34.3 Å². The Kier molecular flexibility index (Phi) is 3.44. The van der Waals surface area contributed by atoms with E-state index in [1.807, 2.05) is 31.2 Å². The Labute approximate surface area is 143 Å². The molecule has 0 saturated carbocycles. The molecule has 0 spiro atoms. The Morgan fingerprint density at radius 1 is 1.00 bits per heavy atom. The first-order valence-corrected chi connectivity index (χ1v) is 7.84. The van der Waals surface area contributed by atoms with Crippen LogP contribution in [0.4, 0.5) is 5.69 Å². The lowest BCUT2D eigenvalue weighted by molar-refractivity contribution is 0.474. The molecule has 0 bridgehead atoms. The molecule has 1 heterocycles. The zero-order valence-electron chi connectivity index (χ0n) is 13.5. The van der Waals surface area contributed by atoms with Crippen LogP contribution < -0.4 is 16.7 Å². The average molecular weight is 332 g/mol. The molecule has 0 saturated heterocycles. The normalized spacial score (nSPS) is 11.1. The second-order valence-corrected chi connectivity index (χ2v) is 5.99. The Balaban J connectivity index is 2.19. The van der Waals surface area contributed by atoms with Crippen LogP contribution in [-0.2, 0) is 0 Å². The number of phenols is 1. The van der Waals surface area contributed by atoms with Crippen molar-refractivity contribution < 1.29 is 9.52 Å². The highest BCUT2D eigenvalue weighted by molar-refractivity contribution is 6.03. The van der Waals surface area contributed by atoms with Gasteiger partial charge in [0.05, 0.1) is 0 Å². The van der Waals surface area contributed by atoms with E-state index in [1.54, 1.807) is 18.2 Å². The Morgan fingerprint density at radius 2 is 1.84 bits per heavy atom. The average Bonchev–Trinajstić information content (AvgIpc) is 2.60. The number of anilines is 1. The summed E-state index contributed by atoms with van der Waals surface area (Å²) in [6.07, 6.45) is 0. The van der Waals surface area contributed by atoms with E-state index in [0.717, 1.165) is 33.3 Å². The van der Waals surface area contributed by atoms with Gasteiger partial charge in [-0.1, -0.05) is 6.07 Å². The summed E-state index contributed by atoms with van der Waals surface area (Å²) in [5, 5.41) is 10.7. The lowest BCUT2D eigenvalue weighted by Gasteiger charge is -2.17. The van der Waals surface area contributed by atoms with E-state index in [1.165, 1.54) is 12.1 Å². The van der Waals surface area contributed by atoms with E-state index >= 15 is 0 Å². The molecule has 5 heteroatoms. The van der Waals surface area contributed by atoms with E-state index in [-0.39, 0.29) is 11.2 Å². The number of fused-ring (bicyclic) bond motifs is 2. The molecule has 5 nitrogen and oxygen atoms in total. The molecule has 1 aliphatic carbocycles. The molecule has 4 N–H and O–H groups in total. The van der Waals surface area contributed by atoms with Gasteiger partial charge in [0.25, 0.3) is 0 Å². The van der Waals surface area contributed by atoms with Crippen LogP contribution in [0.5, 0.6) is 5.75 Å². The van der Waals surface area contributed by atoms with E-state index < -0.39 is 0 Å². The molecule has 0 fully saturated rings. The second kappa shape index (κ2) is 5.65. The van der Waals surface area contributed by atoms with Gasteiger partial charge in [0.1, 0.15) is 17.1 Å². The van der Waals surface area contributed by atoms with Gasteiger partial charge >= 0.3 is 0 Å². The van der Waals surface area contributed by atoms with Gasteiger partial charge in [0.15, 0.2) is 5.43 Å². The molecule has 124 valence electrons. The molecule has 0 atom stereocenters. The predicted molar refractivity (Wildman–Crippen MR) is 98.8 cm³/mol. The zero-order chi connectivity index (χ0) is 17.6. The van der Waals surface area contributed by atoms with Gasteiger partial charge in [-0.2, -0.15) is 0 Å². The minimum absolute atomic E-state index is 0.105. The van der Waals surface area contributed by atoms with Crippen molar-refractivity contribution in [2.45, 2.75) is 6.92 Å². The van der Waals surface area contributed by atoms with Crippen molar-refractivity contribution in [2.75, 3.05) is 5.43 Å². The van der Waals surface area contributed by atoms with Gasteiger partial charge in [-0.15, -0.1) is 0 Å². The third kappa shape index (κ3) is 2.51. The molecule has 0 unspecified atom stereocenters. The van der Waals surface area contributed by atoms with Gasteiger partial charge in [-0.05, 0) is 54.4 Å². The molecular formula is C20H16N2O3. The number of phenolic OH excluding ortho intramolecular Hbond substituents is 1. The SMILES string of the molecule is Cc1ccc(NN)cc1-c1c2ccc(=O)cc-2oc2cc(O)ccc12. The van der Waals surface area contributed by atoms with Gasteiger partial charge in [0.2, 0.25) is 0 Å². The van der Waals surface area contributed by atoms with Crippen LogP contribution in [0, 0.1) is 6.92 Å². The largest absolute Gasteiger partial charge is 0.508 e. The number of nitrogens with two attached hydrogens (primary N) is 1. The fourth-order valence-electron chi connectivity index (χ4n) is 3.13. The Morgan fingerprint density at radius 3 is 2.64 bits per heavy atom. The van der Waals surface area contributed by atoms with Crippen molar-refractivity contribution in [1.29, 1.82) is 0 Å². The highest BCUT2D eigenvalue weighted by atomic mass is 16.3. The summed E-state index contributed by atoms with van der Waals surface area (Å²) in [4.78, 5) is 11.8. The summed E-state index contributed by atoms with van der Waals surface area (Å²) in [6.45, 7) is 2.01. The molecule has 4 rings (SSSR count). The third-order valence-electron chi connectivity index (χ3n) is 4.35. The molecule has 2 aromatic carbocycles. The highest BCUT2D eigenvalue weighted by Gasteiger charge is 2.19. The Bertz CT molecular complexity index is 1130. The van der Waals surface area contributed by atoms with Crippen molar-refractivity contribution in [1.82, 2.24) is 0 Å². The minimum atomic E-state index is -0.129. The van der Waals surface area contributed by atoms with Crippen molar-refractivity contribution in [2.24, 2.45) is 5.84 Å². The fraction of sp³-hybridized carbons (Fsp3) is 0.0500. The number of rotatable bonds is 2. The van der Waals surface area contributed by atoms with Crippen LogP contribution in [-0.4, -0.2) is 5.11 Å². The quantitative estimate of drug-likeness (QED) is 0.295. The molecule has 2 aromatic rings. The zero-order valence-corrected chi connectivity index (χ0v) is 13.5. The number of aryl methyl sites for hydroxylation is 1. The number of aromatic hydroxyl groups is 1. The highest BCUT2D eigenvalue weighted by Crippen LogP contribution is 2.42.